The highest BCUT2D eigenvalue weighted by molar-refractivity contribution is 5.89. The van der Waals surface area contributed by atoms with Gasteiger partial charge in [-0.1, -0.05) is 32.0 Å². The second kappa shape index (κ2) is 4.77. The van der Waals surface area contributed by atoms with Crippen LogP contribution in [-0.4, -0.2) is 10.9 Å². The summed E-state index contributed by atoms with van der Waals surface area (Å²) in [7, 11) is 0. The molecule has 0 aliphatic carbocycles. The molecule has 1 aromatic heterocycles. The molecule has 3 nitrogen and oxygen atoms in total. The number of primary amides is 1. The standard InChI is InChI=1S/C15H18N2O/c1-9(2)12-5-4-6-13-11(8-14(16)18)7-10(3)17-15(12)13/h4-7,9H,8H2,1-3H3,(H2,16,18). The Bertz CT molecular complexity index is 603. The van der Waals surface area contributed by atoms with Crippen molar-refractivity contribution < 1.29 is 4.79 Å². The van der Waals surface area contributed by atoms with E-state index in [9.17, 15) is 4.79 Å². The van der Waals surface area contributed by atoms with Gasteiger partial charge in [0.05, 0.1) is 11.9 Å². The third-order valence-corrected chi connectivity index (χ3v) is 3.07. The largest absolute Gasteiger partial charge is 0.369 e. The maximum absolute atomic E-state index is 11.1. The van der Waals surface area contributed by atoms with Crippen LogP contribution in [0.25, 0.3) is 10.9 Å². The van der Waals surface area contributed by atoms with E-state index in [0.29, 0.717) is 5.92 Å². The number of benzene rings is 1. The van der Waals surface area contributed by atoms with E-state index in [-0.39, 0.29) is 12.3 Å². The lowest BCUT2D eigenvalue weighted by Crippen LogP contribution is -2.14. The first kappa shape index (κ1) is 12.6. The normalized spacial score (nSPS) is 11.1. The fourth-order valence-corrected chi connectivity index (χ4v) is 2.28. The highest BCUT2D eigenvalue weighted by atomic mass is 16.1. The van der Waals surface area contributed by atoms with Crippen molar-refractivity contribution in [3.8, 4) is 0 Å². The lowest BCUT2D eigenvalue weighted by Gasteiger charge is -2.12. The molecule has 1 aromatic carbocycles. The number of hydrogen-bond acceptors (Lipinski definition) is 2. The summed E-state index contributed by atoms with van der Waals surface area (Å²) in [5.74, 6) is 0.0984. The predicted octanol–water partition coefficient (Wildman–Crippen LogP) is 2.69. The number of fused-ring (bicyclic) bond motifs is 1. The Hall–Kier alpha value is -1.90. The van der Waals surface area contributed by atoms with Gasteiger partial charge in [-0.25, -0.2) is 0 Å². The fraction of sp³-hybridized carbons (Fsp3) is 0.333. The molecule has 0 radical (unpaired) electrons. The Kier molecular flexibility index (Phi) is 3.32. The molecular formula is C15H18N2O. The number of para-hydroxylation sites is 1. The molecule has 18 heavy (non-hydrogen) atoms. The molecule has 0 saturated carbocycles. The number of carbonyl (C=O) groups excluding carboxylic acids is 1. The van der Waals surface area contributed by atoms with Crippen molar-refractivity contribution >= 4 is 16.8 Å². The number of nitrogens with zero attached hydrogens (tertiary/aromatic N) is 1. The summed E-state index contributed by atoms with van der Waals surface area (Å²) in [6.45, 7) is 6.24. The highest BCUT2D eigenvalue weighted by Crippen LogP contribution is 2.26. The van der Waals surface area contributed by atoms with E-state index in [1.54, 1.807) is 0 Å². The van der Waals surface area contributed by atoms with Crippen molar-refractivity contribution in [3.05, 3.63) is 41.1 Å². The average molecular weight is 242 g/mol. The molecule has 3 heteroatoms. The Morgan fingerprint density at radius 1 is 1.39 bits per heavy atom. The lowest BCUT2D eigenvalue weighted by molar-refractivity contribution is -0.117. The molecule has 2 N–H and O–H groups in total. The van der Waals surface area contributed by atoms with Crippen molar-refractivity contribution in [2.24, 2.45) is 5.73 Å². The number of pyridine rings is 1. The number of rotatable bonds is 3. The Morgan fingerprint density at radius 2 is 2.11 bits per heavy atom. The maximum atomic E-state index is 11.1. The van der Waals surface area contributed by atoms with Crippen LogP contribution in [0.1, 0.15) is 36.6 Å². The summed E-state index contributed by atoms with van der Waals surface area (Å²) in [6.07, 6.45) is 0.265. The van der Waals surface area contributed by atoms with Gasteiger partial charge in [-0.3, -0.25) is 9.78 Å². The Morgan fingerprint density at radius 3 is 2.72 bits per heavy atom. The second-order valence-electron chi connectivity index (χ2n) is 4.96. The van der Waals surface area contributed by atoms with Crippen LogP contribution in [0.5, 0.6) is 0 Å². The molecule has 0 aliphatic rings. The Balaban J connectivity index is 2.73. The number of aromatic nitrogens is 1. The number of aryl methyl sites for hydroxylation is 1. The van der Waals surface area contributed by atoms with Gasteiger partial charge >= 0.3 is 0 Å². The van der Waals surface area contributed by atoms with Gasteiger partial charge in [-0.15, -0.1) is 0 Å². The van der Waals surface area contributed by atoms with E-state index in [2.05, 4.69) is 24.9 Å². The van der Waals surface area contributed by atoms with Crippen LogP contribution < -0.4 is 5.73 Å². The summed E-state index contributed by atoms with van der Waals surface area (Å²) in [6, 6.07) is 8.05. The van der Waals surface area contributed by atoms with Crippen LogP contribution >= 0.6 is 0 Å². The summed E-state index contributed by atoms with van der Waals surface area (Å²) in [4.78, 5) is 15.8. The second-order valence-corrected chi connectivity index (χ2v) is 4.96. The predicted molar refractivity (Wildman–Crippen MR) is 73.5 cm³/mol. The molecular weight excluding hydrogens is 224 g/mol. The maximum Gasteiger partial charge on any atom is 0.221 e. The van der Waals surface area contributed by atoms with E-state index >= 15 is 0 Å². The average Bonchev–Trinajstić information content (AvgIpc) is 2.26. The van der Waals surface area contributed by atoms with Crippen molar-refractivity contribution in [1.82, 2.24) is 4.98 Å². The molecule has 0 fully saturated rings. The monoisotopic (exact) mass is 242 g/mol. The van der Waals surface area contributed by atoms with E-state index < -0.39 is 0 Å². The lowest BCUT2D eigenvalue weighted by atomic mass is 9.96. The van der Waals surface area contributed by atoms with Crippen LogP contribution in [0.15, 0.2) is 24.3 Å². The van der Waals surface area contributed by atoms with Gasteiger partial charge in [0, 0.05) is 11.1 Å². The minimum absolute atomic E-state index is 0.265. The van der Waals surface area contributed by atoms with Gasteiger partial charge in [0.1, 0.15) is 0 Å². The highest BCUT2D eigenvalue weighted by Gasteiger charge is 2.11. The number of amides is 1. The quantitative estimate of drug-likeness (QED) is 0.899. The van der Waals surface area contributed by atoms with Gasteiger partial charge in [0.2, 0.25) is 5.91 Å². The summed E-state index contributed by atoms with van der Waals surface area (Å²) >= 11 is 0. The minimum atomic E-state index is -0.308. The van der Waals surface area contributed by atoms with Crippen LogP contribution in [0.4, 0.5) is 0 Å². The smallest absolute Gasteiger partial charge is 0.221 e. The summed E-state index contributed by atoms with van der Waals surface area (Å²) in [5, 5.41) is 1.03. The van der Waals surface area contributed by atoms with Crippen LogP contribution in [0, 0.1) is 6.92 Å². The minimum Gasteiger partial charge on any atom is -0.369 e. The van der Waals surface area contributed by atoms with E-state index in [0.717, 1.165) is 22.2 Å². The number of hydrogen-bond donors (Lipinski definition) is 1. The zero-order valence-electron chi connectivity index (χ0n) is 11.0. The van der Waals surface area contributed by atoms with Gasteiger partial charge in [-0.05, 0) is 30.0 Å². The van der Waals surface area contributed by atoms with Crippen molar-refractivity contribution in [2.75, 3.05) is 0 Å². The van der Waals surface area contributed by atoms with Crippen LogP contribution in [0.2, 0.25) is 0 Å². The molecule has 0 spiro atoms. The molecule has 0 saturated heterocycles. The fourth-order valence-electron chi connectivity index (χ4n) is 2.28. The van der Waals surface area contributed by atoms with Gasteiger partial charge in [0.15, 0.2) is 0 Å². The summed E-state index contributed by atoms with van der Waals surface area (Å²) < 4.78 is 0. The molecule has 2 rings (SSSR count). The van der Waals surface area contributed by atoms with E-state index in [4.69, 9.17) is 5.73 Å². The molecule has 1 heterocycles. The van der Waals surface area contributed by atoms with E-state index in [1.165, 1.54) is 5.56 Å². The summed E-state index contributed by atoms with van der Waals surface area (Å²) in [5.41, 5.74) is 9.39. The first-order chi connectivity index (χ1) is 8.49. The molecule has 0 bridgehead atoms. The zero-order valence-corrected chi connectivity index (χ0v) is 11.0. The number of carbonyl (C=O) groups is 1. The zero-order chi connectivity index (χ0) is 13.3. The van der Waals surface area contributed by atoms with Gasteiger partial charge in [-0.2, -0.15) is 0 Å². The third kappa shape index (κ3) is 2.35. The first-order valence-corrected chi connectivity index (χ1v) is 6.16. The first-order valence-electron chi connectivity index (χ1n) is 6.16. The molecule has 1 amide bonds. The SMILES string of the molecule is Cc1cc(CC(N)=O)c2cccc(C(C)C)c2n1. The third-order valence-electron chi connectivity index (χ3n) is 3.07. The van der Waals surface area contributed by atoms with E-state index in [1.807, 2.05) is 25.1 Å². The molecule has 2 aromatic rings. The molecule has 94 valence electrons. The molecule has 0 aliphatic heterocycles. The molecule has 0 atom stereocenters. The number of nitrogens with two attached hydrogens (primary N) is 1. The van der Waals surface area contributed by atoms with Gasteiger partial charge < -0.3 is 5.73 Å². The molecule has 0 unspecified atom stereocenters. The van der Waals surface area contributed by atoms with Gasteiger partial charge in [0.25, 0.3) is 0 Å². The van der Waals surface area contributed by atoms with Crippen molar-refractivity contribution in [2.45, 2.75) is 33.1 Å². The van der Waals surface area contributed by atoms with Crippen LogP contribution in [-0.2, 0) is 11.2 Å². The van der Waals surface area contributed by atoms with Crippen molar-refractivity contribution in [1.29, 1.82) is 0 Å². The Labute approximate surface area is 107 Å². The van der Waals surface area contributed by atoms with Crippen LogP contribution in [0.3, 0.4) is 0 Å². The topological polar surface area (TPSA) is 56.0 Å². The van der Waals surface area contributed by atoms with Crippen molar-refractivity contribution in [3.63, 3.8) is 0 Å².